The van der Waals surface area contributed by atoms with E-state index < -0.39 is 5.60 Å². The minimum absolute atomic E-state index is 0.177. The Morgan fingerprint density at radius 2 is 2.06 bits per heavy atom. The van der Waals surface area contributed by atoms with Crippen LogP contribution in [0.15, 0.2) is 18.2 Å². The number of amides is 1. The Morgan fingerprint density at radius 3 is 2.67 bits per heavy atom. The highest BCUT2D eigenvalue weighted by Gasteiger charge is 2.53. The van der Waals surface area contributed by atoms with Crippen molar-refractivity contribution in [2.75, 3.05) is 18.8 Å². The van der Waals surface area contributed by atoms with Crippen molar-refractivity contribution in [2.24, 2.45) is 5.92 Å². The van der Waals surface area contributed by atoms with Crippen LogP contribution in [0.2, 0.25) is 0 Å². The smallest absolute Gasteiger partial charge is 0.257 e. The summed E-state index contributed by atoms with van der Waals surface area (Å²) in [7, 11) is 0. The molecule has 0 spiro atoms. The van der Waals surface area contributed by atoms with Crippen LogP contribution in [0.5, 0.6) is 5.75 Å². The van der Waals surface area contributed by atoms with Crippen molar-refractivity contribution in [1.82, 2.24) is 4.90 Å². The number of anilines is 1. The molecule has 5 nitrogen and oxygen atoms in total. The van der Waals surface area contributed by atoms with Crippen molar-refractivity contribution in [3.63, 3.8) is 0 Å². The Kier molecular flexibility index (Phi) is 2.28. The van der Waals surface area contributed by atoms with Gasteiger partial charge in [0.2, 0.25) is 0 Å². The van der Waals surface area contributed by atoms with E-state index in [1.807, 2.05) is 0 Å². The normalized spacial score (nSPS) is 21.5. The zero-order valence-corrected chi connectivity index (χ0v) is 9.97. The molecule has 2 fully saturated rings. The number of nitrogens with two attached hydrogens (primary N) is 1. The number of nitrogen functional groups attached to an aromatic ring is 1. The van der Waals surface area contributed by atoms with Gasteiger partial charge in [-0.1, -0.05) is 6.07 Å². The van der Waals surface area contributed by atoms with Crippen molar-refractivity contribution in [2.45, 2.75) is 18.4 Å². The van der Waals surface area contributed by atoms with Crippen LogP contribution in [0.4, 0.5) is 5.69 Å². The summed E-state index contributed by atoms with van der Waals surface area (Å²) in [6.07, 6.45) is 2.09. The van der Waals surface area contributed by atoms with E-state index in [9.17, 15) is 15.0 Å². The summed E-state index contributed by atoms with van der Waals surface area (Å²) in [6.45, 7) is 0.704. The van der Waals surface area contributed by atoms with E-state index in [4.69, 9.17) is 5.73 Å². The van der Waals surface area contributed by atoms with Gasteiger partial charge in [0.05, 0.1) is 24.3 Å². The molecule has 0 atom stereocenters. The fraction of sp³-hybridized carbons (Fsp3) is 0.462. The molecule has 4 N–H and O–H groups in total. The summed E-state index contributed by atoms with van der Waals surface area (Å²) in [5, 5.41) is 19.9. The number of rotatable bonds is 2. The average molecular weight is 248 g/mol. The van der Waals surface area contributed by atoms with Crippen LogP contribution in [0, 0.1) is 5.92 Å². The number of aromatic hydroxyl groups is 1. The molecule has 0 aromatic heterocycles. The van der Waals surface area contributed by atoms with Gasteiger partial charge in [-0.15, -0.1) is 0 Å². The molecule has 18 heavy (non-hydrogen) atoms. The van der Waals surface area contributed by atoms with Gasteiger partial charge in [-0.3, -0.25) is 4.79 Å². The van der Waals surface area contributed by atoms with Crippen molar-refractivity contribution >= 4 is 11.6 Å². The first kappa shape index (κ1) is 11.3. The maximum atomic E-state index is 12.1. The topological polar surface area (TPSA) is 86.8 Å². The highest BCUT2D eigenvalue weighted by atomic mass is 16.3. The van der Waals surface area contributed by atoms with E-state index in [0.717, 1.165) is 12.8 Å². The van der Waals surface area contributed by atoms with E-state index >= 15 is 0 Å². The second kappa shape index (κ2) is 3.62. The van der Waals surface area contributed by atoms with Crippen LogP contribution in [-0.4, -0.2) is 39.7 Å². The molecule has 3 rings (SSSR count). The largest absolute Gasteiger partial charge is 0.505 e. The molecule has 1 heterocycles. The zero-order chi connectivity index (χ0) is 12.9. The average Bonchev–Trinajstić information content (AvgIpc) is 3.12. The van der Waals surface area contributed by atoms with Gasteiger partial charge in [0.15, 0.2) is 5.75 Å². The minimum atomic E-state index is -0.703. The fourth-order valence-electron chi connectivity index (χ4n) is 2.54. The first-order valence-corrected chi connectivity index (χ1v) is 6.10. The SMILES string of the molecule is Nc1cccc(C(=O)N2CC(O)(C3CC3)C2)c1O. The lowest BCUT2D eigenvalue weighted by molar-refractivity contribution is -0.0958. The molecular weight excluding hydrogens is 232 g/mol. The summed E-state index contributed by atoms with van der Waals surface area (Å²) in [6, 6.07) is 4.72. The molecular formula is C13H16N2O3. The lowest BCUT2D eigenvalue weighted by Gasteiger charge is -2.47. The van der Waals surface area contributed by atoms with Gasteiger partial charge in [0, 0.05) is 0 Å². The number of carbonyl (C=O) groups is 1. The summed E-state index contributed by atoms with van der Waals surface area (Å²) >= 11 is 0. The molecule has 1 aliphatic heterocycles. The van der Waals surface area contributed by atoms with Gasteiger partial charge < -0.3 is 20.8 Å². The molecule has 0 unspecified atom stereocenters. The molecule has 1 amide bonds. The van der Waals surface area contributed by atoms with Gasteiger partial charge in [-0.2, -0.15) is 0 Å². The molecule has 1 saturated carbocycles. The quantitative estimate of drug-likeness (QED) is 0.527. The Hall–Kier alpha value is -1.75. The number of nitrogens with zero attached hydrogens (tertiary/aromatic N) is 1. The minimum Gasteiger partial charge on any atom is -0.505 e. The summed E-state index contributed by atoms with van der Waals surface area (Å²) in [5.41, 5.74) is 5.25. The number of hydrogen-bond donors (Lipinski definition) is 3. The van der Waals surface area contributed by atoms with Crippen molar-refractivity contribution in [1.29, 1.82) is 0 Å². The number of hydrogen-bond acceptors (Lipinski definition) is 4. The van der Waals surface area contributed by atoms with E-state index in [2.05, 4.69) is 0 Å². The van der Waals surface area contributed by atoms with Crippen LogP contribution in [0.3, 0.4) is 0 Å². The zero-order valence-electron chi connectivity index (χ0n) is 9.97. The van der Waals surface area contributed by atoms with Gasteiger partial charge in [-0.25, -0.2) is 0 Å². The van der Waals surface area contributed by atoms with Crippen LogP contribution in [0.25, 0.3) is 0 Å². The van der Waals surface area contributed by atoms with Gasteiger partial charge in [0.25, 0.3) is 5.91 Å². The molecule has 1 saturated heterocycles. The fourth-order valence-corrected chi connectivity index (χ4v) is 2.54. The second-order valence-corrected chi connectivity index (χ2v) is 5.28. The Labute approximate surface area is 105 Å². The van der Waals surface area contributed by atoms with Gasteiger partial charge >= 0.3 is 0 Å². The first-order chi connectivity index (χ1) is 8.51. The number of para-hydroxylation sites is 1. The van der Waals surface area contributed by atoms with Gasteiger partial charge in [-0.05, 0) is 30.9 Å². The Bertz CT molecular complexity index is 505. The monoisotopic (exact) mass is 248 g/mol. The maximum absolute atomic E-state index is 12.1. The highest BCUT2D eigenvalue weighted by molar-refractivity contribution is 5.99. The highest BCUT2D eigenvalue weighted by Crippen LogP contribution is 2.45. The molecule has 1 aliphatic carbocycles. The van der Waals surface area contributed by atoms with Crippen LogP contribution >= 0.6 is 0 Å². The summed E-state index contributed by atoms with van der Waals surface area (Å²) in [5.74, 6) is -0.106. The van der Waals surface area contributed by atoms with E-state index in [0.29, 0.717) is 19.0 Å². The number of β-amino-alcohol motifs (C(OH)–C–C–N with tert-alkyl or cyclic N) is 1. The Morgan fingerprint density at radius 1 is 1.39 bits per heavy atom. The number of aliphatic hydroxyl groups is 1. The lowest BCUT2D eigenvalue weighted by Crippen LogP contribution is -2.64. The maximum Gasteiger partial charge on any atom is 0.257 e. The molecule has 0 radical (unpaired) electrons. The molecule has 1 aromatic carbocycles. The van der Waals surface area contributed by atoms with E-state index in [1.54, 1.807) is 23.1 Å². The van der Waals surface area contributed by atoms with Crippen molar-refractivity contribution in [3.05, 3.63) is 23.8 Å². The third-order valence-corrected chi connectivity index (χ3v) is 3.85. The lowest BCUT2D eigenvalue weighted by atomic mass is 9.88. The number of carbonyl (C=O) groups excluding carboxylic acids is 1. The van der Waals surface area contributed by atoms with Gasteiger partial charge in [0.1, 0.15) is 5.60 Å². The third kappa shape index (κ3) is 1.62. The van der Waals surface area contributed by atoms with E-state index in [-0.39, 0.29) is 22.9 Å². The number of benzene rings is 1. The predicted octanol–water partition coefficient (Wildman–Crippen LogP) is 0.571. The Balaban J connectivity index is 1.74. The van der Waals surface area contributed by atoms with Crippen molar-refractivity contribution in [3.8, 4) is 5.75 Å². The number of phenols is 1. The molecule has 96 valence electrons. The number of likely N-dealkylation sites (tertiary alicyclic amines) is 1. The molecule has 5 heteroatoms. The second-order valence-electron chi connectivity index (χ2n) is 5.28. The number of phenolic OH excluding ortho intramolecular Hbond substituents is 1. The third-order valence-electron chi connectivity index (χ3n) is 3.85. The summed E-state index contributed by atoms with van der Waals surface area (Å²) in [4.78, 5) is 13.7. The van der Waals surface area contributed by atoms with E-state index in [1.165, 1.54) is 0 Å². The molecule has 0 bridgehead atoms. The summed E-state index contributed by atoms with van der Waals surface area (Å²) < 4.78 is 0. The first-order valence-electron chi connectivity index (χ1n) is 6.10. The molecule has 1 aromatic rings. The van der Waals surface area contributed by atoms with Crippen LogP contribution < -0.4 is 5.73 Å². The predicted molar refractivity (Wildman–Crippen MR) is 66.1 cm³/mol. The van der Waals surface area contributed by atoms with Crippen LogP contribution in [-0.2, 0) is 0 Å². The molecule has 2 aliphatic rings. The van der Waals surface area contributed by atoms with Crippen molar-refractivity contribution < 1.29 is 15.0 Å². The van der Waals surface area contributed by atoms with Crippen LogP contribution in [0.1, 0.15) is 23.2 Å². The standard InChI is InChI=1S/C13H16N2O3/c14-10-3-1-2-9(11(10)16)12(17)15-6-13(18,7-15)8-4-5-8/h1-3,8,16,18H,4-7,14H2.